The normalized spacial score (nSPS) is 26.4. The minimum atomic E-state index is -0.519. The number of thiocarbonyl (C=S) groups is 1. The lowest BCUT2D eigenvalue weighted by Gasteiger charge is -2.32. The molecule has 1 aliphatic carbocycles. The molecule has 2 atom stereocenters. The van der Waals surface area contributed by atoms with E-state index in [2.05, 4.69) is 34.5 Å². The maximum absolute atomic E-state index is 12.2. The third-order valence-corrected chi connectivity index (χ3v) is 5.52. The molecule has 3 rings (SSSR count). The number of hydrogen-bond acceptors (Lipinski definition) is 3. The van der Waals surface area contributed by atoms with Gasteiger partial charge >= 0.3 is 6.09 Å². The van der Waals surface area contributed by atoms with Crippen LogP contribution in [0.4, 0.5) is 4.79 Å². The van der Waals surface area contributed by atoms with Gasteiger partial charge in [-0.25, -0.2) is 4.79 Å². The Morgan fingerprint density at radius 3 is 2.79 bits per heavy atom. The number of hydrogen-bond donors (Lipinski definition) is 1. The van der Waals surface area contributed by atoms with Gasteiger partial charge in [-0.2, -0.15) is 0 Å². The average Bonchev–Trinajstić information content (AvgIpc) is 3.00. The minimum absolute atomic E-state index is 0.330. The van der Waals surface area contributed by atoms with E-state index in [1.165, 1.54) is 11.1 Å². The minimum Gasteiger partial charge on any atom is -0.444 e. The zero-order chi connectivity index (χ0) is 17.5. The Balaban J connectivity index is 1.72. The summed E-state index contributed by atoms with van der Waals surface area (Å²) in [5.41, 5.74) is 1.76. The van der Waals surface area contributed by atoms with Crippen LogP contribution >= 0.6 is 12.2 Å². The van der Waals surface area contributed by atoms with Crippen molar-refractivity contribution >= 4 is 23.3 Å². The Kier molecular flexibility index (Phi) is 4.32. The second kappa shape index (κ2) is 6.03. The number of carbonyl (C=O) groups is 1. The summed E-state index contributed by atoms with van der Waals surface area (Å²) in [6, 6.07) is 8.92. The van der Waals surface area contributed by atoms with E-state index < -0.39 is 17.2 Å². The number of likely N-dealkylation sites (tertiary alicyclic amines) is 1. The predicted molar refractivity (Wildman–Crippen MR) is 99.2 cm³/mol. The number of fused-ring (bicyclic) bond motifs is 1. The van der Waals surface area contributed by atoms with Gasteiger partial charge in [0.25, 0.3) is 0 Å². The molecule has 1 heterocycles. The first-order valence-corrected chi connectivity index (χ1v) is 9.00. The smallest absolute Gasteiger partial charge is 0.408 e. The first kappa shape index (κ1) is 17.2. The SMILES string of the molecule is CC(C)(C)OC(=O)NC1(C)CCN(C2CCc3ccccc32)C1=S. The molecule has 2 unspecified atom stereocenters. The predicted octanol–water partition coefficient (Wildman–Crippen LogP) is 3.99. The van der Waals surface area contributed by atoms with Crippen molar-refractivity contribution in [2.75, 3.05) is 6.54 Å². The summed E-state index contributed by atoms with van der Waals surface area (Å²) in [5, 5.41) is 2.99. The fourth-order valence-electron chi connectivity index (χ4n) is 3.67. The van der Waals surface area contributed by atoms with Gasteiger partial charge in [0.1, 0.15) is 10.6 Å². The molecule has 0 bridgehead atoms. The number of carbonyl (C=O) groups excluding carboxylic acids is 1. The molecule has 1 amide bonds. The standard InChI is InChI=1S/C19H26N2O2S/c1-18(2,3)23-17(22)20-19(4)11-12-21(16(19)24)15-10-9-13-7-5-6-8-14(13)15/h5-8,15H,9-12H2,1-4H3,(H,20,22). The van der Waals surface area contributed by atoms with Crippen LogP contribution in [0, 0.1) is 0 Å². The van der Waals surface area contributed by atoms with Gasteiger partial charge in [0.2, 0.25) is 0 Å². The van der Waals surface area contributed by atoms with Gasteiger partial charge in [0, 0.05) is 6.54 Å². The molecule has 4 nitrogen and oxygen atoms in total. The van der Waals surface area contributed by atoms with Gasteiger partial charge in [0.05, 0.1) is 11.6 Å². The van der Waals surface area contributed by atoms with Gasteiger partial charge in [-0.05, 0) is 58.1 Å². The van der Waals surface area contributed by atoms with Crippen LogP contribution in [0.25, 0.3) is 0 Å². The highest BCUT2D eigenvalue weighted by Crippen LogP contribution is 2.40. The number of nitrogens with zero attached hydrogens (tertiary/aromatic N) is 1. The number of benzene rings is 1. The molecule has 24 heavy (non-hydrogen) atoms. The number of amides is 1. The monoisotopic (exact) mass is 346 g/mol. The second-order valence-electron chi connectivity index (χ2n) is 7.96. The van der Waals surface area contributed by atoms with E-state index >= 15 is 0 Å². The molecule has 0 saturated carbocycles. The van der Waals surface area contributed by atoms with Crippen molar-refractivity contribution in [1.29, 1.82) is 0 Å². The van der Waals surface area contributed by atoms with Crippen LogP contribution < -0.4 is 5.32 Å². The summed E-state index contributed by atoms with van der Waals surface area (Å²) in [7, 11) is 0. The summed E-state index contributed by atoms with van der Waals surface area (Å²) in [4.78, 5) is 15.3. The van der Waals surface area contributed by atoms with Crippen molar-refractivity contribution < 1.29 is 9.53 Å². The van der Waals surface area contributed by atoms with Gasteiger partial charge < -0.3 is 15.0 Å². The number of aryl methyl sites for hydroxylation is 1. The van der Waals surface area contributed by atoms with Crippen molar-refractivity contribution in [3.63, 3.8) is 0 Å². The van der Waals surface area contributed by atoms with Crippen molar-refractivity contribution in [3.8, 4) is 0 Å². The van der Waals surface area contributed by atoms with Crippen molar-refractivity contribution in [1.82, 2.24) is 10.2 Å². The third kappa shape index (κ3) is 3.27. The Bertz CT molecular complexity index is 668. The maximum Gasteiger partial charge on any atom is 0.408 e. The van der Waals surface area contributed by atoms with E-state index in [0.717, 1.165) is 30.8 Å². The van der Waals surface area contributed by atoms with Crippen LogP contribution in [0.3, 0.4) is 0 Å². The fourth-order valence-corrected chi connectivity index (χ4v) is 4.04. The van der Waals surface area contributed by atoms with Gasteiger partial charge in [-0.15, -0.1) is 0 Å². The lowest BCUT2D eigenvalue weighted by Crippen LogP contribution is -2.52. The third-order valence-electron chi connectivity index (χ3n) is 4.84. The van der Waals surface area contributed by atoms with E-state index in [4.69, 9.17) is 17.0 Å². The lowest BCUT2D eigenvalue weighted by molar-refractivity contribution is 0.0493. The highest BCUT2D eigenvalue weighted by Gasteiger charge is 2.44. The number of nitrogens with one attached hydrogen (secondary N) is 1. The first-order chi connectivity index (χ1) is 11.2. The Morgan fingerprint density at radius 1 is 1.38 bits per heavy atom. The highest BCUT2D eigenvalue weighted by molar-refractivity contribution is 7.80. The summed E-state index contributed by atoms with van der Waals surface area (Å²) in [6.45, 7) is 8.46. The van der Waals surface area contributed by atoms with Crippen molar-refractivity contribution in [2.45, 2.75) is 64.1 Å². The number of rotatable bonds is 2. The van der Waals surface area contributed by atoms with Crippen LogP contribution in [-0.2, 0) is 11.2 Å². The fraction of sp³-hybridized carbons (Fsp3) is 0.579. The number of ether oxygens (including phenoxy) is 1. The largest absolute Gasteiger partial charge is 0.444 e. The number of alkyl carbamates (subject to hydrolysis) is 1. The Labute approximate surface area is 149 Å². The molecule has 1 fully saturated rings. The van der Waals surface area contributed by atoms with Crippen molar-refractivity contribution in [2.24, 2.45) is 0 Å². The maximum atomic E-state index is 12.2. The molecule has 5 heteroatoms. The van der Waals surface area contributed by atoms with E-state index in [9.17, 15) is 4.79 Å². The Morgan fingerprint density at radius 2 is 2.08 bits per heavy atom. The summed E-state index contributed by atoms with van der Waals surface area (Å²) >= 11 is 5.76. The summed E-state index contributed by atoms with van der Waals surface area (Å²) in [5.74, 6) is 0. The molecule has 0 aromatic heterocycles. The lowest BCUT2D eigenvalue weighted by atomic mass is 10.0. The van der Waals surface area contributed by atoms with Crippen LogP contribution in [0.2, 0.25) is 0 Å². The highest BCUT2D eigenvalue weighted by atomic mass is 32.1. The van der Waals surface area contributed by atoms with Crippen LogP contribution in [0.15, 0.2) is 24.3 Å². The molecule has 0 radical (unpaired) electrons. The van der Waals surface area contributed by atoms with Crippen LogP contribution in [-0.4, -0.2) is 33.7 Å². The van der Waals surface area contributed by atoms with Gasteiger partial charge in [0.15, 0.2) is 0 Å². The van der Waals surface area contributed by atoms with E-state index in [1.807, 2.05) is 27.7 Å². The molecule has 130 valence electrons. The zero-order valence-corrected chi connectivity index (χ0v) is 15.7. The second-order valence-corrected chi connectivity index (χ2v) is 8.35. The molecular formula is C19H26N2O2S. The summed E-state index contributed by atoms with van der Waals surface area (Å²) < 4.78 is 5.40. The average molecular weight is 346 g/mol. The molecule has 1 aliphatic heterocycles. The topological polar surface area (TPSA) is 41.6 Å². The molecule has 1 aromatic carbocycles. The van der Waals surface area contributed by atoms with Gasteiger partial charge in [-0.3, -0.25) is 0 Å². The van der Waals surface area contributed by atoms with E-state index in [0.29, 0.717) is 6.04 Å². The molecule has 1 N–H and O–H groups in total. The summed E-state index contributed by atoms with van der Waals surface area (Å²) in [6.07, 6.45) is 2.59. The molecule has 0 spiro atoms. The molecule has 1 aromatic rings. The Hall–Kier alpha value is -1.62. The van der Waals surface area contributed by atoms with E-state index in [-0.39, 0.29) is 0 Å². The molecular weight excluding hydrogens is 320 g/mol. The molecule has 2 aliphatic rings. The van der Waals surface area contributed by atoms with E-state index in [1.54, 1.807) is 0 Å². The van der Waals surface area contributed by atoms with Gasteiger partial charge in [-0.1, -0.05) is 36.5 Å². The molecule has 1 saturated heterocycles. The van der Waals surface area contributed by atoms with Crippen LogP contribution in [0.1, 0.15) is 57.7 Å². The van der Waals surface area contributed by atoms with Crippen LogP contribution in [0.5, 0.6) is 0 Å². The first-order valence-electron chi connectivity index (χ1n) is 8.60. The van der Waals surface area contributed by atoms with Crippen molar-refractivity contribution in [3.05, 3.63) is 35.4 Å². The zero-order valence-electron chi connectivity index (χ0n) is 14.9. The quantitative estimate of drug-likeness (QED) is 0.822.